The molecule has 0 fully saturated rings. The number of hydrogen-bond donors (Lipinski definition) is 1. The average molecular weight is 354 g/mol. The van der Waals surface area contributed by atoms with Crippen LogP contribution >= 0.6 is 15.9 Å². The molecule has 0 heterocycles. The summed E-state index contributed by atoms with van der Waals surface area (Å²) in [6.45, 7) is -0.0765. The number of benzene rings is 2. The Morgan fingerprint density at radius 2 is 1.95 bits per heavy atom. The second-order valence-corrected chi connectivity index (χ2v) is 4.97. The maximum Gasteiger partial charge on any atom is 0.314 e. The van der Waals surface area contributed by atoms with Crippen molar-refractivity contribution in [2.24, 2.45) is 0 Å². The molecule has 0 spiro atoms. The van der Waals surface area contributed by atoms with Crippen molar-refractivity contribution in [1.82, 2.24) is 0 Å². The minimum atomic E-state index is -0.532. The number of ether oxygens (including phenoxy) is 2. The van der Waals surface area contributed by atoms with E-state index in [4.69, 9.17) is 14.6 Å². The molecule has 21 heavy (non-hydrogen) atoms. The normalized spacial score (nSPS) is 10.2. The Kier molecular flexibility index (Phi) is 4.77. The molecule has 0 amide bonds. The molecule has 1 N–H and O–H groups in total. The summed E-state index contributed by atoms with van der Waals surface area (Å²) in [4.78, 5) is 10.4. The predicted octanol–water partition coefficient (Wildman–Crippen LogP) is 3.65. The zero-order valence-electron chi connectivity index (χ0n) is 11.1. The van der Waals surface area contributed by atoms with E-state index in [2.05, 4.69) is 15.9 Å². The fourth-order valence-electron chi connectivity index (χ4n) is 1.73. The number of nitro benzene ring substituents is 1. The minimum Gasteiger partial charge on any atom is -0.490 e. The van der Waals surface area contributed by atoms with Crippen LogP contribution in [0.4, 0.5) is 5.69 Å². The van der Waals surface area contributed by atoms with Gasteiger partial charge in [0.15, 0.2) is 5.75 Å². The average Bonchev–Trinajstić information content (AvgIpc) is 2.49. The number of aliphatic hydroxyl groups is 1. The second-order valence-electron chi connectivity index (χ2n) is 4.12. The SMILES string of the molecule is COc1ccc(Oc2ccc(CO)cc2Br)cc1[N+](=O)[O-]. The number of hydrogen-bond acceptors (Lipinski definition) is 5. The standard InChI is InChI=1S/C14H12BrNO5/c1-20-14-5-3-10(7-12(14)16(18)19)21-13-4-2-9(8-17)6-11(13)15/h2-7,17H,8H2,1H3. The first kappa shape index (κ1) is 15.3. The van der Waals surface area contributed by atoms with Crippen LogP contribution in [0.15, 0.2) is 40.9 Å². The summed E-state index contributed by atoms with van der Waals surface area (Å²) in [5.41, 5.74) is 0.563. The Balaban J connectivity index is 2.31. The molecule has 0 atom stereocenters. The maximum atomic E-state index is 11.0. The molecule has 2 aromatic rings. The zero-order valence-corrected chi connectivity index (χ0v) is 12.7. The van der Waals surface area contributed by atoms with E-state index in [0.29, 0.717) is 16.0 Å². The lowest BCUT2D eigenvalue weighted by molar-refractivity contribution is -0.385. The molecule has 0 saturated carbocycles. The third-order valence-electron chi connectivity index (χ3n) is 2.75. The largest absolute Gasteiger partial charge is 0.490 e. The molecule has 6 nitrogen and oxygen atoms in total. The summed E-state index contributed by atoms with van der Waals surface area (Å²) in [5, 5.41) is 20.0. The topological polar surface area (TPSA) is 81.8 Å². The maximum absolute atomic E-state index is 11.0. The second kappa shape index (κ2) is 6.55. The Hall–Kier alpha value is -2.12. The van der Waals surface area contributed by atoms with Gasteiger partial charge >= 0.3 is 5.69 Å². The molecule has 2 aromatic carbocycles. The van der Waals surface area contributed by atoms with Gasteiger partial charge < -0.3 is 14.6 Å². The van der Waals surface area contributed by atoms with Gasteiger partial charge in [0, 0.05) is 0 Å². The Morgan fingerprint density at radius 1 is 1.24 bits per heavy atom. The van der Waals surface area contributed by atoms with Crippen LogP contribution in [0.25, 0.3) is 0 Å². The van der Waals surface area contributed by atoms with Gasteiger partial charge in [0.25, 0.3) is 0 Å². The molecule has 0 saturated heterocycles. The van der Waals surface area contributed by atoms with E-state index >= 15 is 0 Å². The van der Waals surface area contributed by atoms with Crippen LogP contribution in [0, 0.1) is 10.1 Å². The number of halogens is 1. The van der Waals surface area contributed by atoms with Crippen molar-refractivity contribution in [2.75, 3.05) is 7.11 Å². The van der Waals surface area contributed by atoms with Gasteiger partial charge in [-0.05, 0) is 45.8 Å². The van der Waals surface area contributed by atoms with E-state index in [-0.39, 0.29) is 18.0 Å². The highest BCUT2D eigenvalue weighted by Gasteiger charge is 2.16. The van der Waals surface area contributed by atoms with Crippen LogP contribution in [0.2, 0.25) is 0 Å². The summed E-state index contributed by atoms with van der Waals surface area (Å²) in [7, 11) is 1.37. The quantitative estimate of drug-likeness (QED) is 0.655. The molecule has 0 unspecified atom stereocenters. The van der Waals surface area contributed by atoms with Crippen molar-refractivity contribution in [3.63, 3.8) is 0 Å². The molecule has 2 rings (SSSR count). The van der Waals surface area contributed by atoms with Crippen molar-refractivity contribution in [2.45, 2.75) is 6.61 Å². The van der Waals surface area contributed by atoms with Gasteiger partial charge in [0.2, 0.25) is 0 Å². The first-order valence-corrected chi connectivity index (χ1v) is 6.74. The van der Waals surface area contributed by atoms with Gasteiger partial charge in [-0.15, -0.1) is 0 Å². The molecular formula is C14H12BrNO5. The lowest BCUT2D eigenvalue weighted by Gasteiger charge is -2.09. The number of methoxy groups -OCH3 is 1. The first-order chi connectivity index (χ1) is 10.0. The molecule has 110 valence electrons. The van der Waals surface area contributed by atoms with E-state index < -0.39 is 4.92 Å². The smallest absolute Gasteiger partial charge is 0.314 e. The van der Waals surface area contributed by atoms with Crippen LogP contribution in [0.1, 0.15) is 5.56 Å². The van der Waals surface area contributed by atoms with Gasteiger partial charge in [-0.3, -0.25) is 10.1 Å². The van der Waals surface area contributed by atoms with E-state index in [9.17, 15) is 10.1 Å². The lowest BCUT2D eigenvalue weighted by Crippen LogP contribution is -1.95. The van der Waals surface area contributed by atoms with Crippen LogP contribution in [0.5, 0.6) is 17.2 Å². The highest BCUT2D eigenvalue weighted by atomic mass is 79.9. The van der Waals surface area contributed by atoms with Crippen LogP contribution < -0.4 is 9.47 Å². The van der Waals surface area contributed by atoms with Crippen LogP contribution in [-0.4, -0.2) is 17.1 Å². The molecule has 0 aliphatic rings. The Bertz CT molecular complexity index is 674. The molecule has 0 radical (unpaired) electrons. The minimum absolute atomic E-state index is 0.0765. The third kappa shape index (κ3) is 3.50. The highest BCUT2D eigenvalue weighted by molar-refractivity contribution is 9.10. The number of rotatable bonds is 5. The number of nitrogens with zero attached hydrogens (tertiary/aromatic N) is 1. The van der Waals surface area contributed by atoms with E-state index in [0.717, 1.165) is 5.56 Å². The third-order valence-corrected chi connectivity index (χ3v) is 3.37. The molecule has 0 aliphatic carbocycles. The Labute approximate surface area is 129 Å². The monoisotopic (exact) mass is 353 g/mol. The lowest BCUT2D eigenvalue weighted by atomic mass is 10.2. The molecular weight excluding hydrogens is 342 g/mol. The summed E-state index contributed by atoms with van der Waals surface area (Å²) >= 11 is 3.33. The van der Waals surface area contributed by atoms with E-state index in [1.807, 2.05) is 0 Å². The van der Waals surface area contributed by atoms with Gasteiger partial charge in [0.1, 0.15) is 11.5 Å². The molecule has 0 aromatic heterocycles. The van der Waals surface area contributed by atoms with Crippen molar-refractivity contribution in [1.29, 1.82) is 0 Å². The van der Waals surface area contributed by atoms with Crippen LogP contribution in [0.3, 0.4) is 0 Å². The van der Waals surface area contributed by atoms with Crippen molar-refractivity contribution in [3.05, 3.63) is 56.5 Å². The molecule has 0 bridgehead atoms. The van der Waals surface area contributed by atoms with Gasteiger partial charge in [-0.1, -0.05) is 6.07 Å². The van der Waals surface area contributed by atoms with Gasteiger partial charge in [0.05, 0.1) is 29.2 Å². The first-order valence-electron chi connectivity index (χ1n) is 5.94. The van der Waals surface area contributed by atoms with E-state index in [1.54, 1.807) is 24.3 Å². The van der Waals surface area contributed by atoms with Crippen LogP contribution in [-0.2, 0) is 6.61 Å². The fraction of sp³-hybridized carbons (Fsp3) is 0.143. The number of nitro groups is 1. The van der Waals surface area contributed by atoms with Gasteiger partial charge in [-0.2, -0.15) is 0 Å². The predicted molar refractivity (Wildman–Crippen MR) is 79.8 cm³/mol. The molecule has 0 aliphatic heterocycles. The number of aliphatic hydroxyl groups excluding tert-OH is 1. The zero-order chi connectivity index (χ0) is 15.4. The van der Waals surface area contributed by atoms with Crippen molar-refractivity contribution >= 4 is 21.6 Å². The van der Waals surface area contributed by atoms with Crippen molar-refractivity contribution in [3.8, 4) is 17.2 Å². The fourth-order valence-corrected chi connectivity index (χ4v) is 2.24. The highest BCUT2D eigenvalue weighted by Crippen LogP contribution is 2.35. The Morgan fingerprint density at radius 3 is 2.52 bits per heavy atom. The van der Waals surface area contributed by atoms with E-state index in [1.165, 1.54) is 19.2 Å². The summed E-state index contributed by atoms with van der Waals surface area (Å²) in [5.74, 6) is 0.980. The van der Waals surface area contributed by atoms with Gasteiger partial charge in [-0.25, -0.2) is 0 Å². The van der Waals surface area contributed by atoms with Crippen molar-refractivity contribution < 1.29 is 19.5 Å². The molecule has 7 heteroatoms. The summed E-state index contributed by atoms with van der Waals surface area (Å²) < 4.78 is 11.2. The summed E-state index contributed by atoms with van der Waals surface area (Å²) in [6.07, 6.45) is 0. The summed E-state index contributed by atoms with van der Waals surface area (Å²) in [6, 6.07) is 9.45.